The number of hydrogen-bond acceptors (Lipinski definition) is 4. The molecule has 1 aromatic carbocycles. The van der Waals surface area contributed by atoms with Crippen LogP contribution in [0.1, 0.15) is 23.6 Å². The predicted octanol–water partition coefficient (Wildman–Crippen LogP) is 1.13. The van der Waals surface area contributed by atoms with Gasteiger partial charge in [0.1, 0.15) is 11.9 Å². The summed E-state index contributed by atoms with van der Waals surface area (Å²) in [5.41, 5.74) is 1.15. The van der Waals surface area contributed by atoms with Crippen LogP contribution in [0.25, 0.3) is 0 Å². The lowest BCUT2D eigenvalue weighted by molar-refractivity contribution is 0.685. The van der Waals surface area contributed by atoms with Gasteiger partial charge in [0.2, 0.25) is 0 Å². The summed E-state index contributed by atoms with van der Waals surface area (Å²) in [4.78, 5) is 24.0. The minimum Gasteiger partial charge on any atom is -0.366 e. The van der Waals surface area contributed by atoms with E-state index in [4.69, 9.17) is 0 Å². The maximum Gasteiger partial charge on any atom is 0.332 e. The van der Waals surface area contributed by atoms with E-state index in [0.29, 0.717) is 6.54 Å². The topological polar surface area (TPSA) is 79.8 Å². The van der Waals surface area contributed by atoms with Crippen molar-refractivity contribution in [1.82, 2.24) is 9.13 Å². The molecular weight excluding hydrogens is 280 g/mol. The van der Waals surface area contributed by atoms with Crippen LogP contribution in [-0.2, 0) is 27.1 Å². The molecule has 6 heteroatoms. The molecule has 114 valence electrons. The molecule has 1 heterocycles. The van der Waals surface area contributed by atoms with Crippen molar-refractivity contribution in [3.63, 3.8) is 0 Å². The number of nitrogens with one attached hydrogen (secondary N) is 1. The lowest BCUT2D eigenvalue weighted by Gasteiger charge is -2.15. The highest BCUT2D eigenvalue weighted by molar-refractivity contribution is 5.51. The standard InChI is InChI=1S/C16H18N4O2/c1-4-11-7-5-6-8-12(11)10-18-14-13(9-17)15(21)20(3)16(22)19(14)2/h5-8,18H,4,10H2,1-3H3. The fourth-order valence-electron chi connectivity index (χ4n) is 2.41. The van der Waals surface area contributed by atoms with Crippen LogP contribution in [0.2, 0.25) is 0 Å². The largest absolute Gasteiger partial charge is 0.366 e. The Bertz CT molecular complexity index is 856. The molecule has 0 aliphatic heterocycles. The van der Waals surface area contributed by atoms with Crippen molar-refractivity contribution in [2.75, 3.05) is 5.32 Å². The summed E-state index contributed by atoms with van der Waals surface area (Å²) in [7, 11) is 2.90. The normalized spacial score (nSPS) is 10.3. The highest BCUT2D eigenvalue weighted by Gasteiger charge is 2.15. The van der Waals surface area contributed by atoms with E-state index in [1.165, 1.54) is 24.2 Å². The van der Waals surface area contributed by atoms with Crippen molar-refractivity contribution < 1.29 is 0 Å². The first-order valence-electron chi connectivity index (χ1n) is 7.02. The van der Waals surface area contributed by atoms with Crippen molar-refractivity contribution in [3.8, 4) is 6.07 Å². The molecule has 1 N–H and O–H groups in total. The SMILES string of the molecule is CCc1ccccc1CNc1c(C#N)c(=O)n(C)c(=O)n1C. The van der Waals surface area contributed by atoms with Crippen LogP contribution in [0.4, 0.5) is 5.82 Å². The Morgan fingerprint density at radius 1 is 1.14 bits per heavy atom. The number of hydrogen-bond donors (Lipinski definition) is 1. The molecule has 22 heavy (non-hydrogen) atoms. The molecule has 0 saturated heterocycles. The van der Waals surface area contributed by atoms with Crippen molar-refractivity contribution >= 4 is 5.82 Å². The summed E-state index contributed by atoms with van der Waals surface area (Å²) in [6, 6.07) is 9.80. The van der Waals surface area contributed by atoms with Gasteiger partial charge in [-0.25, -0.2) is 4.79 Å². The second-order valence-corrected chi connectivity index (χ2v) is 5.02. The third-order valence-corrected chi connectivity index (χ3v) is 3.72. The van der Waals surface area contributed by atoms with Crippen molar-refractivity contribution in [1.29, 1.82) is 5.26 Å². The maximum absolute atomic E-state index is 12.0. The maximum atomic E-state index is 12.0. The second kappa shape index (κ2) is 6.31. The Labute approximate surface area is 128 Å². The predicted molar refractivity (Wildman–Crippen MR) is 84.8 cm³/mol. The summed E-state index contributed by atoms with van der Waals surface area (Å²) >= 11 is 0. The van der Waals surface area contributed by atoms with E-state index in [0.717, 1.165) is 16.6 Å². The zero-order chi connectivity index (χ0) is 16.3. The third-order valence-electron chi connectivity index (χ3n) is 3.72. The zero-order valence-corrected chi connectivity index (χ0v) is 12.9. The molecule has 0 fully saturated rings. The van der Waals surface area contributed by atoms with Crippen LogP contribution in [0.15, 0.2) is 33.9 Å². The molecule has 0 spiro atoms. The molecule has 0 amide bonds. The lowest BCUT2D eigenvalue weighted by atomic mass is 10.1. The average Bonchev–Trinajstić information content (AvgIpc) is 2.55. The molecule has 0 radical (unpaired) electrons. The summed E-state index contributed by atoms with van der Waals surface area (Å²) in [6.07, 6.45) is 0.887. The molecule has 0 unspecified atom stereocenters. The minimum absolute atomic E-state index is 0.0569. The Morgan fingerprint density at radius 3 is 2.36 bits per heavy atom. The third kappa shape index (κ3) is 2.66. The van der Waals surface area contributed by atoms with Gasteiger partial charge in [0.05, 0.1) is 0 Å². The van der Waals surface area contributed by atoms with E-state index < -0.39 is 11.2 Å². The molecule has 0 atom stereocenters. The highest BCUT2D eigenvalue weighted by Crippen LogP contribution is 2.13. The Hall–Kier alpha value is -2.81. The fourth-order valence-corrected chi connectivity index (χ4v) is 2.41. The minimum atomic E-state index is -0.586. The highest BCUT2D eigenvalue weighted by atomic mass is 16.2. The summed E-state index contributed by atoms with van der Waals surface area (Å²) in [5.74, 6) is 0.251. The molecule has 0 aliphatic carbocycles. The zero-order valence-electron chi connectivity index (χ0n) is 12.9. The molecule has 0 aliphatic rings. The van der Waals surface area contributed by atoms with Crippen LogP contribution in [0.3, 0.4) is 0 Å². The van der Waals surface area contributed by atoms with Crippen molar-refractivity contribution in [2.45, 2.75) is 19.9 Å². The summed E-state index contributed by atoms with van der Waals surface area (Å²) in [6.45, 7) is 2.51. The Balaban J connectivity index is 2.45. The molecule has 6 nitrogen and oxygen atoms in total. The van der Waals surface area contributed by atoms with Gasteiger partial charge >= 0.3 is 5.69 Å². The smallest absolute Gasteiger partial charge is 0.332 e. The Morgan fingerprint density at radius 2 is 1.77 bits per heavy atom. The van der Waals surface area contributed by atoms with Gasteiger partial charge in [0.15, 0.2) is 5.56 Å². The Kier molecular flexibility index (Phi) is 4.47. The van der Waals surface area contributed by atoms with Gasteiger partial charge in [-0.3, -0.25) is 13.9 Å². The quantitative estimate of drug-likeness (QED) is 0.917. The van der Waals surface area contributed by atoms with E-state index in [1.54, 1.807) is 0 Å². The number of rotatable bonds is 4. The van der Waals surface area contributed by atoms with E-state index in [-0.39, 0.29) is 11.4 Å². The van der Waals surface area contributed by atoms with Crippen LogP contribution in [0.5, 0.6) is 0 Å². The first kappa shape index (κ1) is 15.6. The first-order chi connectivity index (χ1) is 10.5. The fraction of sp³-hybridized carbons (Fsp3) is 0.312. The first-order valence-corrected chi connectivity index (χ1v) is 7.02. The van der Waals surface area contributed by atoms with Crippen LogP contribution >= 0.6 is 0 Å². The van der Waals surface area contributed by atoms with E-state index in [2.05, 4.69) is 12.2 Å². The van der Waals surface area contributed by atoms with E-state index >= 15 is 0 Å². The average molecular weight is 298 g/mol. The molecule has 1 aromatic heterocycles. The van der Waals surface area contributed by atoms with Crippen LogP contribution < -0.4 is 16.6 Å². The lowest BCUT2D eigenvalue weighted by Crippen LogP contribution is -2.39. The molecule has 0 bridgehead atoms. The van der Waals surface area contributed by atoms with E-state index in [9.17, 15) is 14.9 Å². The number of nitrogens with zero attached hydrogens (tertiary/aromatic N) is 3. The van der Waals surface area contributed by atoms with Gasteiger partial charge in [-0.1, -0.05) is 31.2 Å². The van der Waals surface area contributed by atoms with Crippen molar-refractivity contribution in [2.24, 2.45) is 14.1 Å². The monoisotopic (exact) mass is 298 g/mol. The number of nitriles is 1. The molecule has 2 aromatic rings. The second-order valence-electron chi connectivity index (χ2n) is 5.02. The van der Waals surface area contributed by atoms with Crippen LogP contribution in [-0.4, -0.2) is 9.13 Å². The van der Waals surface area contributed by atoms with Gasteiger partial charge in [-0.15, -0.1) is 0 Å². The van der Waals surface area contributed by atoms with Gasteiger partial charge in [-0.2, -0.15) is 5.26 Å². The van der Waals surface area contributed by atoms with Gasteiger partial charge in [0, 0.05) is 20.6 Å². The number of aromatic nitrogens is 2. The van der Waals surface area contributed by atoms with Crippen molar-refractivity contribution in [3.05, 3.63) is 61.8 Å². The molecule has 2 rings (SSSR count). The van der Waals surface area contributed by atoms with Gasteiger partial charge in [-0.05, 0) is 17.5 Å². The number of benzene rings is 1. The molecular formula is C16H18N4O2. The summed E-state index contributed by atoms with van der Waals surface area (Å²) < 4.78 is 2.22. The summed E-state index contributed by atoms with van der Waals surface area (Å²) in [5, 5.41) is 12.3. The molecule has 0 saturated carbocycles. The van der Waals surface area contributed by atoms with Gasteiger partial charge in [0.25, 0.3) is 5.56 Å². The van der Waals surface area contributed by atoms with Gasteiger partial charge < -0.3 is 5.32 Å². The van der Waals surface area contributed by atoms with Crippen LogP contribution in [0, 0.1) is 11.3 Å². The van der Waals surface area contributed by atoms with E-state index in [1.807, 2.05) is 30.3 Å². The number of aryl methyl sites for hydroxylation is 1. The number of anilines is 1.